The molecule has 1 heterocycles. The van der Waals surface area contributed by atoms with Crippen molar-refractivity contribution in [1.29, 1.82) is 0 Å². The molecule has 116 valence electrons. The number of benzene rings is 1. The number of carbonyl (C=O) groups is 3. The third kappa shape index (κ3) is 3.65. The monoisotopic (exact) mass is 322 g/mol. The molecule has 1 atom stereocenters. The molecule has 1 aromatic carbocycles. The summed E-state index contributed by atoms with van der Waals surface area (Å²) < 4.78 is 5.64. The Morgan fingerprint density at radius 2 is 1.86 bits per heavy atom. The highest BCUT2D eigenvalue weighted by atomic mass is 35.5. The van der Waals surface area contributed by atoms with Crippen LogP contribution >= 0.6 is 11.6 Å². The van der Waals surface area contributed by atoms with Crippen molar-refractivity contribution in [2.24, 2.45) is 0 Å². The first kappa shape index (κ1) is 16.0. The van der Waals surface area contributed by atoms with Gasteiger partial charge in [0.15, 0.2) is 0 Å². The van der Waals surface area contributed by atoms with E-state index < -0.39 is 17.8 Å². The molecule has 0 spiro atoms. The van der Waals surface area contributed by atoms with E-state index in [4.69, 9.17) is 16.3 Å². The smallest absolute Gasteiger partial charge is 0.328 e. The van der Waals surface area contributed by atoms with Gasteiger partial charge in [-0.3, -0.25) is 20.2 Å². The average molecular weight is 323 g/mol. The highest BCUT2D eigenvalue weighted by molar-refractivity contribution is 6.33. The van der Waals surface area contributed by atoms with Crippen LogP contribution in [0.1, 0.15) is 25.8 Å². The van der Waals surface area contributed by atoms with E-state index in [9.17, 15) is 14.4 Å². The second kappa shape index (κ2) is 6.62. The zero-order chi connectivity index (χ0) is 16.3. The maximum absolute atomic E-state index is 11.6. The van der Waals surface area contributed by atoms with Crippen molar-refractivity contribution < 1.29 is 19.1 Å². The second-order valence-corrected chi connectivity index (χ2v) is 5.23. The van der Waals surface area contributed by atoms with Gasteiger partial charge in [-0.2, -0.15) is 0 Å². The lowest BCUT2D eigenvalue weighted by Gasteiger charge is -2.15. The molecule has 22 heavy (non-hydrogen) atoms. The molecule has 1 saturated heterocycles. The number of ether oxygens (including phenoxy) is 1. The molecule has 1 aliphatic heterocycles. The largest absolute Gasteiger partial charge is 0.489 e. The standard InChI is InChI=1S/C15H15ClN2O4/c1-3-8(2)22-12-5-4-9(7-11(12)16)6-10-13(19)17-15(21)18-14(10)20/h4-8H,3H2,1-2H3,(H2,17,18,19,20,21)/t8-/m1/s1. The fourth-order valence-corrected chi connectivity index (χ4v) is 2.01. The number of rotatable bonds is 4. The van der Waals surface area contributed by atoms with Crippen LogP contribution in [-0.2, 0) is 9.59 Å². The van der Waals surface area contributed by atoms with Crippen molar-refractivity contribution in [2.45, 2.75) is 26.4 Å². The molecule has 2 N–H and O–H groups in total. The van der Waals surface area contributed by atoms with Crippen LogP contribution in [-0.4, -0.2) is 23.9 Å². The Bertz CT molecular complexity index is 648. The minimum absolute atomic E-state index is 0.0302. The molecule has 0 unspecified atom stereocenters. The quantitative estimate of drug-likeness (QED) is 0.658. The van der Waals surface area contributed by atoms with Gasteiger partial charge in [0.05, 0.1) is 11.1 Å². The molecule has 1 aliphatic rings. The number of urea groups is 1. The van der Waals surface area contributed by atoms with Crippen LogP contribution in [0.5, 0.6) is 5.75 Å². The van der Waals surface area contributed by atoms with Crippen LogP contribution in [0.25, 0.3) is 6.08 Å². The number of hydrogen-bond acceptors (Lipinski definition) is 4. The Morgan fingerprint density at radius 1 is 1.23 bits per heavy atom. The van der Waals surface area contributed by atoms with Gasteiger partial charge in [-0.05, 0) is 37.1 Å². The second-order valence-electron chi connectivity index (χ2n) is 4.82. The Labute approximate surface area is 132 Å². The lowest BCUT2D eigenvalue weighted by molar-refractivity contribution is -0.123. The average Bonchev–Trinajstić information content (AvgIpc) is 2.45. The summed E-state index contributed by atoms with van der Waals surface area (Å²) in [7, 11) is 0. The zero-order valence-corrected chi connectivity index (χ0v) is 12.9. The number of amides is 4. The number of imide groups is 2. The topological polar surface area (TPSA) is 84.5 Å². The van der Waals surface area contributed by atoms with Gasteiger partial charge in [0.1, 0.15) is 11.3 Å². The summed E-state index contributed by atoms with van der Waals surface area (Å²) in [6.07, 6.45) is 2.23. The summed E-state index contributed by atoms with van der Waals surface area (Å²) in [4.78, 5) is 34.3. The highest BCUT2D eigenvalue weighted by Gasteiger charge is 2.27. The summed E-state index contributed by atoms with van der Waals surface area (Å²) in [5.41, 5.74) is 0.391. The number of carbonyl (C=O) groups excluding carboxylic acids is 3. The van der Waals surface area contributed by atoms with Crippen molar-refractivity contribution in [2.75, 3.05) is 0 Å². The van der Waals surface area contributed by atoms with Crippen LogP contribution < -0.4 is 15.4 Å². The molecule has 0 saturated carbocycles. The van der Waals surface area contributed by atoms with E-state index in [-0.39, 0.29) is 11.7 Å². The number of nitrogens with one attached hydrogen (secondary N) is 2. The fraction of sp³-hybridized carbons (Fsp3) is 0.267. The van der Waals surface area contributed by atoms with E-state index >= 15 is 0 Å². The fourth-order valence-electron chi connectivity index (χ4n) is 1.78. The van der Waals surface area contributed by atoms with Crippen LogP contribution in [0.4, 0.5) is 4.79 Å². The van der Waals surface area contributed by atoms with Crippen LogP contribution in [0.2, 0.25) is 5.02 Å². The summed E-state index contributed by atoms with van der Waals surface area (Å²) in [5, 5.41) is 4.39. The van der Waals surface area contributed by atoms with Crippen LogP contribution in [0, 0.1) is 0 Å². The van der Waals surface area contributed by atoms with Gasteiger partial charge in [0.2, 0.25) is 0 Å². The first-order valence-electron chi connectivity index (χ1n) is 6.75. The maximum atomic E-state index is 11.6. The van der Waals surface area contributed by atoms with Crippen LogP contribution in [0.3, 0.4) is 0 Å². The van der Waals surface area contributed by atoms with Gasteiger partial charge in [0, 0.05) is 0 Å². The van der Waals surface area contributed by atoms with E-state index in [2.05, 4.69) is 0 Å². The minimum Gasteiger partial charge on any atom is -0.489 e. The summed E-state index contributed by atoms with van der Waals surface area (Å²) >= 11 is 6.13. The molecular formula is C15H15ClN2O4. The SMILES string of the molecule is CC[C@@H](C)Oc1ccc(C=C2C(=O)NC(=O)NC2=O)cc1Cl. The van der Waals surface area contributed by atoms with Gasteiger partial charge in [-0.15, -0.1) is 0 Å². The molecule has 0 radical (unpaired) electrons. The summed E-state index contributed by atoms with van der Waals surface area (Å²) in [6, 6.07) is 4.10. The van der Waals surface area contributed by atoms with Gasteiger partial charge >= 0.3 is 6.03 Å². The molecule has 0 aliphatic carbocycles. The zero-order valence-electron chi connectivity index (χ0n) is 12.1. The first-order chi connectivity index (χ1) is 10.4. The van der Waals surface area contributed by atoms with Crippen molar-refractivity contribution in [3.05, 3.63) is 34.4 Å². The maximum Gasteiger partial charge on any atom is 0.328 e. The van der Waals surface area contributed by atoms with Gasteiger partial charge in [-0.1, -0.05) is 24.6 Å². The van der Waals surface area contributed by atoms with E-state index in [0.717, 1.165) is 6.42 Å². The molecule has 7 heteroatoms. The molecule has 1 aromatic rings. The highest BCUT2D eigenvalue weighted by Crippen LogP contribution is 2.27. The lowest BCUT2D eigenvalue weighted by Crippen LogP contribution is -2.51. The molecule has 0 bridgehead atoms. The third-order valence-electron chi connectivity index (χ3n) is 3.11. The predicted octanol–water partition coefficient (Wildman–Crippen LogP) is 2.27. The molecule has 2 rings (SSSR count). The number of halogens is 1. The Morgan fingerprint density at radius 3 is 2.41 bits per heavy atom. The van der Waals surface area contributed by atoms with Crippen molar-refractivity contribution >= 4 is 35.5 Å². The molecule has 6 nitrogen and oxygen atoms in total. The normalized spacial score (nSPS) is 16.0. The summed E-state index contributed by atoms with van der Waals surface area (Å²) in [6.45, 7) is 3.93. The molecular weight excluding hydrogens is 308 g/mol. The van der Waals surface area contributed by atoms with Gasteiger partial charge in [-0.25, -0.2) is 4.79 Å². The van der Waals surface area contributed by atoms with Crippen molar-refractivity contribution in [3.8, 4) is 5.75 Å². The van der Waals surface area contributed by atoms with Crippen molar-refractivity contribution in [1.82, 2.24) is 10.6 Å². The number of barbiturate groups is 1. The van der Waals surface area contributed by atoms with E-state index in [1.807, 2.05) is 24.5 Å². The lowest BCUT2D eigenvalue weighted by atomic mass is 10.1. The molecule has 4 amide bonds. The van der Waals surface area contributed by atoms with Crippen molar-refractivity contribution in [3.63, 3.8) is 0 Å². The minimum atomic E-state index is -0.831. The molecule has 0 aromatic heterocycles. The Hall–Kier alpha value is -2.34. The van der Waals surface area contributed by atoms with E-state index in [1.54, 1.807) is 18.2 Å². The summed E-state index contributed by atoms with van der Waals surface area (Å²) in [5.74, 6) is -0.958. The van der Waals surface area contributed by atoms with Gasteiger partial charge in [0.25, 0.3) is 11.8 Å². The first-order valence-corrected chi connectivity index (χ1v) is 7.13. The number of hydrogen-bond donors (Lipinski definition) is 2. The van der Waals surface area contributed by atoms with E-state index in [1.165, 1.54) is 6.08 Å². The van der Waals surface area contributed by atoms with Crippen LogP contribution in [0.15, 0.2) is 23.8 Å². The Kier molecular flexibility index (Phi) is 4.82. The van der Waals surface area contributed by atoms with E-state index in [0.29, 0.717) is 16.3 Å². The predicted molar refractivity (Wildman–Crippen MR) is 81.5 cm³/mol. The Balaban J connectivity index is 2.25. The third-order valence-corrected chi connectivity index (χ3v) is 3.41. The van der Waals surface area contributed by atoms with Gasteiger partial charge < -0.3 is 4.74 Å². The molecule has 1 fully saturated rings.